The number of ether oxygens (including phenoxy) is 1. The molecule has 5 nitrogen and oxygen atoms in total. The van der Waals surface area contributed by atoms with E-state index in [4.69, 9.17) is 26.6 Å². The number of rotatable bonds is 3. The SMILES string of the molecule is OC(O)c1ccnc(OC2CCNCC2)c1Cl. The highest BCUT2D eigenvalue weighted by Gasteiger charge is 2.19. The van der Waals surface area contributed by atoms with Crippen LogP contribution in [0.5, 0.6) is 5.88 Å². The second-order valence-corrected chi connectivity index (χ2v) is 4.34. The first-order valence-corrected chi connectivity index (χ1v) is 5.94. The van der Waals surface area contributed by atoms with Crippen molar-refractivity contribution in [3.8, 4) is 5.88 Å². The van der Waals surface area contributed by atoms with Gasteiger partial charge in [-0.05, 0) is 32.0 Å². The van der Waals surface area contributed by atoms with E-state index in [1.165, 1.54) is 12.3 Å². The molecule has 1 aromatic heterocycles. The summed E-state index contributed by atoms with van der Waals surface area (Å²) in [4.78, 5) is 4.02. The van der Waals surface area contributed by atoms with Crippen molar-refractivity contribution in [1.82, 2.24) is 10.3 Å². The highest BCUT2D eigenvalue weighted by atomic mass is 35.5. The molecule has 2 heterocycles. The average molecular weight is 259 g/mol. The van der Waals surface area contributed by atoms with E-state index in [1.807, 2.05) is 0 Å². The van der Waals surface area contributed by atoms with Gasteiger partial charge in [0.1, 0.15) is 11.1 Å². The number of hydrogen-bond donors (Lipinski definition) is 3. The highest BCUT2D eigenvalue weighted by molar-refractivity contribution is 6.32. The van der Waals surface area contributed by atoms with Crippen LogP contribution in [-0.2, 0) is 0 Å². The van der Waals surface area contributed by atoms with Crippen molar-refractivity contribution in [1.29, 1.82) is 0 Å². The fraction of sp³-hybridized carbons (Fsp3) is 0.545. The molecule has 0 saturated carbocycles. The molecule has 0 atom stereocenters. The van der Waals surface area contributed by atoms with Gasteiger partial charge in [0, 0.05) is 11.8 Å². The van der Waals surface area contributed by atoms with E-state index < -0.39 is 6.29 Å². The van der Waals surface area contributed by atoms with Crippen LogP contribution in [0.25, 0.3) is 0 Å². The smallest absolute Gasteiger partial charge is 0.233 e. The summed E-state index contributed by atoms with van der Waals surface area (Å²) in [6.45, 7) is 1.81. The Morgan fingerprint density at radius 1 is 1.41 bits per heavy atom. The van der Waals surface area contributed by atoms with E-state index in [0.717, 1.165) is 25.9 Å². The predicted molar refractivity (Wildman–Crippen MR) is 62.9 cm³/mol. The van der Waals surface area contributed by atoms with Crippen LogP contribution >= 0.6 is 11.6 Å². The molecule has 0 aliphatic carbocycles. The average Bonchev–Trinajstić information content (AvgIpc) is 2.33. The second-order valence-electron chi connectivity index (χ2n) is 3.96. The Balaban J connectivity index is 2.12. The predicted octanol–water partition coefficient (Wildman–Crippen LogP) is 0.849. The van der Waals surface area contributed by atoms with Crippen molar-refractivity contribution >= 4 is 11.6 Å². The Morgan fingerprint density at radius 2 is 2.12 bits per heavy atom. The molecule has 1 fully saturated rings. The zero-order valence-corrected chi connectivity index (χ0v) is 10.0. The Bertz CT molecular complexity index is 381. The summed E-state index contributed by atoms with van der Waals surface area (Å²) in [5.41, 5.74) is 0.214. The second kappa shape index (κ2) is 5.64. The first kappa shape index (κ1) is 12.6. The van der Waals surface area contributed by atoms with Crippen LogP contribution in [0.3, 0.4) is 0 Å². The van der Waals surface area contributed by atoms with Crippen molar-refractivity contribution in [2.75, 3.05) is 13.1 Å². The van der Waals surface area contributed by atoms with E-state index in [1.54, 1.807) is 0 Å². The van der Waals surface area contributed by atoms with Crippen LogP contribution in [0, 0.1) is 0 Å². The normalized spacial score (nSPS) is 17.4. The molecule has 6 heteroatoms. The van der Waals surface area contributed by atoms with E-state index in [2.05, 4.69) is 10.3 Å². The monoisotopic (exact) mass is 258 g/mol. The zero-order valence-electron chi connectivity index (χ0n) is 9.27. The van der Waals surface area contributed by atoms with Gasteiger partial charge in [0.05, 0.1) is 0 Å². The van der Waals surface area contributed by atoms with Gasteiger partial charge >= 0.3 is 0 Å². The van der Waals surface area contributed by atoms with Gasteiger partial charge in [0.15, 0.2) is 6.29 Å². The first-order valence-electron chi connectivity index (χ1n) is 5.56. The van der Waals surface area contributed by atoms with Crippen LogP contribution in [0.1, 0.15) is 24.7 Å². The summed E-state index contributed by atoms with van der Waals surface area (Å²) >= 11 is 6.00. The largest absolute Gasteiger partial charge is 0.473 e. The molecule has 94 valence electrons. The highest BCUT2D eigenvalue weighted by Crippen LogP contribution is 2.30. The molecule has 3 N–H and O–H groups in total. The molecule has 0 bridgehead atoms. The molecule has 2 rings (SSSR count). The third kappa shape index (κ3) is 3.07. The van der Waals surface area contributed by atoms with Gasteiger partial charge in [0.2, 0.25) is 5.88 Å². The number of aliphatic hydroxyl groups is 2. The van der Waals surface area contributed by atoms with Crippen LogP contribution in [-0.4, -0.2) is 34.4 Å². The topological polar surface area (TPSA) is 74.6 Å². The molecular formula is C11H15ClN2O3. The Hall–Kier alpha value is -0.880. The summed E-state index contributed by atoms with van der Waals surface area (Å²) in [6.07, 6.45) is 1.71. The standard InChI is InChI=1S/C11H15ClN2O3/c12-9-8(11(15)16)3-6-14-10(9)17-7-1-4-13-5-2-7/h3,6-7,11,13,15-16H,1-2,4-5H2. The van der Waals surface area contributed by atoms with E-state index in [9.17, 15) is 0 Å². The number of halogens is 1. The Kier molecular flexibility index (Phi) is 4.17. The fourth-order valence-electron chi connectivity index (χ4n) is 1.79. The zero-order chi connectivity index (χ0) is 12.3. The van der Waals surface area contributed by atoms with Crippen molar-refractivity contribution in [2.45, 2.75) is 25.2 Å². The number of nitrogens with one attached hydrogen (secondary N) is 1. The van der Waals surface area contributed by atoms with Crippen molar-refractivity contribution < 1.29 is 14.9 Å². The molecule has 0 spiro atoms. The fourth-order valence-corrected chi connectivity index (χ4v) is 2.05. The number of nitrogens with zero attached hydrogens (tertiary/aromatic N) is 1. The summed E-state index contributed by atoms with van der Waals surface area (Å²) in [6, 6.07) is 1.46. The number of hydrogen-bond acceptors (Lipinski definition) is 5. The summed E-state index contributed by atoms with van der Waals surface area (Å²) < 4.78 is 5.67. The van der Waals surface area contributed by atoms with Crippen LogP contribution < -0.4 is 10.1 Å². The number of aliphatic hydroxyl groups excluding tert-OH is 1. The van der Waals surface area contributed by atoms with Gasteiger partial charge in [-0.15, -0.1) is 0 Å². The van der Waals surface area contributed by atoms with Crippen molar-refractivity contribution in [2.24, 2.45) is 0 Å². The maximum Gasteiger partial charge on any atom is 0.233 e. The molecule has 1 aromatic rings. The Morgan fingerprint density at radius 3 is 2.76 bits per heavy atom. The summed E-state index contributed by atoms with van der Waals surface area (Å²) in [5, 5.41) is 21.6. The minimum absolute atomic E-state index is 0.0762. The third-order valence-electron chi connectivity index (χ3n) is 2.73. The number of piperidine rings is 1. The van der Waals surface area contributed by atoms with Gasteiger partial charge in [-0.2, -0.15) is 0 Å². The van der Waals surface area contributed by atoms with Gasteiger partial charge in [-0.25, -0.2) is 4.98 Å². The molecule has 17 heavy (non-hydrogen) atoms. The molecule has 0 amide bonds. The maximum absolute atomic E-state index is 9.11. The van der Waals surface area contributed by atoms with Crippen LogP contribution in [0.2, 0.25) is 5.02 Å². The number of aromatic nitrogens is 1. The first-order chi connectivity index (χ1) is 8.18. The van der Waals surface area contributed by atoms with E-state index in [-0.39, 0.29) is 22.6 Å². The molecule has 1 aliphatic rings. The third-order valence-corrected chi connectivity index (χ3v) is 3.11. The van der Waals surface area contributed by atoms with Crippen molar-refractivity contribution in [3.05, 3.63) is 22.8 Å². The van der Waals surface area contributed by atoms with Gasteiger partial charge in [-0.3, -0.25) is 0 Å². The van der Waals surface area contributed by atoms with Gasteiger partial charge < -0.3 is 20.3 Å². The van der Waals surface area contributed by atoms with Crippen molar-refractivity contribution in [3.63, 3.8) is 0 Å². The quantitative estimate of drug-likeness (QED) is 0.701. The van der Waals surface area contributed by atoms with Gasteiger partial charge in [-0.1, -0.05) is 11.6 Å². The molecule has 1 aliphatic heterocycles. The lowest BCUT2D eigenvalue weighted by molar-refractivity contribution is -0.0427. The van der Waals surface area contributed by atoms with Gasteiger partial charge in [0.25, 0.3) is 0 Å². The lowest BCUT2D eigenvalue weighted by atomic mass is 10.1. The molecule has 1 saturated heterocycles. The van der Waals surface area contributed by atoms with Crippen LogP contribution in [0.15, 0.2) is 12.3 Å². The van der Waals surface area contributed by atoms with E-state index in [0.29, 0.717) is 0 Å². The maximum atomic E-state index is 9.11. The number of pyridine rings is 1. The minimum Gasteiger partial charge on any atom is -0.473 e. The summed E-state index contributed by atoms with van der Waals surface area (Å²) in [5.74, 6) is 0.268. The summed E-state index contributed by atoms with van der Waals surface area (Å²) in [7, 11) is 0. The lowest BCUT2D eigenvalue weighted by Gasteiger charge is -2.24. The molecule has 0 aromatic carbocycles. The van der Waals surface area contributed by atoms with Crippen LogP contribution in [0.4, 0.5) is 0 Å². The Labute approximate surface area is 104 Å². The van der Waals surface area contributed by atoms with E-state index >= 15 is 0 Å². The molecular weight excluding hydrogens is 244 g/mol. The molecule has 0 radical (unpaired) electrons. The molecule has 0 unspecified atom stereocenters. The minimum atomic E-state index is -1.61. The lowest BCUT2D eigenvalue weighted by Crippen LogP contribution is -2.34.